The molecular weight excluding hydrogens is 248 g/mol. The lowest BCUT2D eigenvalue weighted by atomic mass is 10.1. The van der Waals surface area contributed by atoms with Crippen LogP contribution < -0.4 is 4.74 Å². The molecule has 0 saturated carbocycles. The van der Waals surface area contributed by atoms with Crippen LogP contribution in [0.15, 0.2) is 73.3 Å². The van der Waals surface area contributed by atoms with Crippen molar-refractivity contribution >= 4 is 11.9 Å². The van der Waals surface area contributed by atoms with Gasteiger partial charge in [-0.3, -0.25) is 4.79 Å². The SMILES string of the molecule is C=CCOc1cccc(C(=O)/C=C/c2ccccc2)c1. The molecule has 2 aromatic carbocycles. The predicted molar refractivity (Wildman–Crippen MR) is 81.9 cm³/mol. The van der Waals surface area contributed by atoms with E-state index in [0.29, 0.717) is 17.9 Å². The van der Waals surface area contributed by atoms with Gasteiger partial charge in [-0.2, -0.15) is 0 Å². The van der Waals surface area contributed by atoms with Crippen LogP contribution in [0, 0.1) is 0 Å². The number of allylic oxidation sites excluding steroid dienone is 1. The lowest BCUT2D eigenvalue weighted by Crippen LogP contribution is -1.97. The third kappa shape index (κ3) is 3.95. The quantitative estimate of drug-likeness (QED) is 0.445. The Labute approximate surface area is 119 Å². The summed E-state index contributed by atoms with van der Waals surface area (Å²) in [5, 5.41) is 0. The Morgan fingerprint density at radius 1 is 1.10 bits per heavy atom. The Balaban J connectivity index is 2.09. The molecule has 0 amide bonds. The maximum Gasteiger partial charge on any atom is 0.185 e. The van der Waals surface area contributed by atoms with Crippen molar-refractivity contribution in [3.05, 3.63) is 84.5 Å². The molecule has 0 unspecified atom stereocenters. The number of ether oxygens (including phenoxy) is 1. The summed E-state index contributed by atoms with van der Waals surface area (Å²) in [4.78, 5) is 12.1. The van der Waals surface area contributed by atoms with Crippen LogP contribution in [0.1, 0.15) is 15.9 Å². The minimum absolute atomic E-state index is 0.0436. The van der Waals surface area contributed by atoms with E-state index in [1.807, 2.05) is 42.5 Å². The molecule has 0 saturated heterocycles. The molecule has 0 aliphatic carbocycles. The summed E-state index contributed by atoms with van der Waals surface area (Å²) >= 11 is 0. The van der Waals surface area contributed by atoms with Crippen molar-refractivity contribution in [2.45, 2.75) is 0 Å². The first kappa shape index (κ1) is 13.8. The monoisotopic (exact) mass is 264 g/mol. The summed E-state index contributed by atoms with van der Waals surface area (Å²) in [5.74, 6) is 0.627. The van der Waals surface area contributed by atoms with Gasteiger partial charge >= 0.3 is 0 Å². The van der Waals surface area contributed by atoms with Gasteiger partial charge in [0.2, 0.25) is 0 Å². The summed E-state index contributed by atoms with van der Waals surface area (Å²) in [7, 11) is 0. The van der Waals surface area contributed by atoms with Gasteiger partial charge in [0.25, 0.3) is 0 Å². The number of carbonyl (C=O) groups is 1. The van der Waals surface area contributed by atoms with Crippen LogP contribution in [0.3, 0.4) is 0 Å². The van der Waals surface area contributed by atoms with Crippen LogP contribution in [0.25, 0.3) is 6.08 Å². The van der Waals surface area contributed by atoms with Crippen LogP contribution in [-0.2, 0) is 0 Å². The highest BCUT2D eigenvalue weighted by Crippen LogP contribution is 2.14. The maximum atomic E-state index is 12.1. The molecule has 0 aliphatic heterocycles. The molecule has 0 spiro atoms. The first-order valence-electron chi connectivity index (χ1n) is 6.41. The fourth-order valence-electron chi connectivity index (χ4n) is 1.73. The van der Waals surface area contributed by atoms with E-state index in [1.54, 1.807) is 30.4 Å². The molecule has 100 valence electrons. The van der Waals surface area contributed by atoms with Crippen molar-refractivity contribution in [3.8, 4) is 5.75 Å². The zero-order valence-corrected chi connectivity index (χ0v) is 11.2. The van der Waals surface area contributed by atoms with Crippen LogP contribution >= 0.6 is 0 Å². The molecule has 0 bridgehead atoms. The molecule has 0 radical (unpaired) electrons. The van der Waals surface area contributed by atoms with Crippen LogP contribution in [0.4, 0.5) is 0 Å². The van der Waals surface area contributed by atoms with Gasteiger partial charge in [0, 0.05) is 5.56 Å². The van der Waals surface area contributed by atoms with E-state index in [0.717, 1.165) is 5.56 Å². The molecular formula is C18H16O2. The van der Waals surface area contributed by atoms with Gasteiger partial charge < -0.3 is 4.74 Å². The van der Waals surface area contributed by atoms with E-state index >= 15 is 0 Å². The zero-order chi connectivity index (χ0) is 14.2. The molecule has 2 heteroatoms. The normalized spacial score (nSPS) is 10.4. The summed E-state index contributed by atoms with van der Waals surface area (Å²) in [5.41, 5.74) is 1.61. The Morgan fingerprint density at radius 2 is 1.90 bits per heavy atom. The van der Waals surface area contributed by atoms with E-state index in [-0.39, 0.29) is 5.78 Å². The molecule has 0 aromatic heterocycles. The standard InChI is InChI=1S/C18H16O2/c1-2-13-20-17-10-6-9-16(14-17)18(19)12-11-15-7-4-3-5-8-15/h2-12,14H,1,13H2/b12-11+. The van der Waals surface area contributed by atoms with E-state index in [1.165, 1.54) is 0 Å². The fourth-order valence-corrected chi connectivity index (χ4v) is 1.73. The highest BCUT2D eigenvalue weighted by atomic mass is 16.5. The lowest BCUT2D eigenvalue weighted by molar-refractivity contribution is 0.104. The molecule has 2 rings (SSSR count). The fraction of sp³-hybridized carbons (Fsp3) is 0.0556. The van der Waals surface area contributed by atoms with Gasteiger partial charge in [0.15, 0.2) is 5.78 Å². The van der Waals surface area contributed by atoms with Gasteiger partial charge in [-0.05, 0) is 23.8 Å². The van der Waals surface area contributed by atoms with Crippen molar-refractivity contribution in [2.24, 2.45) is 0 Å². The van der Waals surface area contributed by atoms with Gasteiger partial charge in [0.05, 0.1) is 0 Å². The highest BCUT2D eigenvalue weighted by molar-refractivity contribution is 6.07. The van der Waals surface area contributed by atoms with Crippen molar-refractivity contribution in [1.82, 2.24) is 0 Å². The first-order chi connectivity index (χ1) is 9.79. The molecule has 2 nitrogen and oxygen atoms in total. The number of hydrogen-bond donors (Lipinski definition) is 0. The summed E-state index contributed by atoms with van der Waals surface area (Å²) < 4.78 is 5.41. The molecule has 0 heterocycles. The van der Waals surface area contributed by atoms with Crippen molar-refractivity contribution in [2.75, 3.05) is 6.61 Å². The van der Waals surface area contributed by atoms with E-state index < -0.39 is 0 Å². The minimum atomic E-state index is -0.0436. The predicted octanol–water partition coefficient (Wildman–Crippen LogP) is 4.15. The lowest BCUT2D eigenvalue weighted by Gasteiger charge is -2.04. The third-order valence-electron chi connectivity index (χ3n) is 2.71. The average molecular weight is 264 g/mol. The van der Waals surface area contributed by atoms with Crippen LogP contribution in [-0.4, -0.2) is 12.4 Å². The van der Waals surface area contributed by atoms with Crippen molar-refractivity contribution in [1.29, 1.82) is 0 Å². The van der Waals surface area contributed by atoms with Gasteiger partial charge in [0.1, 0.15) is 12.4 Å². The Kier molecular flexibility index (Phi) is 4.90. The van der Waals surface area contributed by atoms with Gasteiger partial charge in [-0.15, -0.1) is 0 Å². The highest BCUT2D eigenvalue weighted by Gasteiger charge is 2.03. The number of rotatable bonds is 6. The number of ketones is 1. The Morgan fingerprint density at radius 3 is 2.65 bits per heavy atom. The summed E-state index contributed by atoms with van der Waals surface area (Å²) in [6.07, 6.45) is 5.05. The van der Waals surface area contributed by atoms with Gasteiger partial charge in [-0.1, -0.05) is 61.2 Å². The first-order valence-corrected chi connectivity index (χ1v) is 6.41. The van der Waals surface area contributed by atoms with E-state index in [9.17, 15) is 4.79 Å². The number of hydrogen-bond acceptors (Lipinski definition) is 2. The Hall–Kier alpha value is -2.61. The number of benzene rings is 2. The number of carbonyl (C=O) groups excluding carboxylic acids is 1. The van der Waals surface area contributed by atoms with Crippen LogP contribution in [0.2, 0.25) is 0 Å². The van der Waals surface area contributed by atoms with Crippen molar-refractivity contribution in [3.63, 3.8) is 0 Å². The zero-order valence-electron chi connectivity index (χ0n) is 11.2. The largest absolute Gasteiger partial charge is 0.490 e. The third-order valence-corrected chi connectivity index (χ3v) is 2.71. The second-order valence-corrected chi connectivity index (χ2v) is 4.24. The van der Waals surface area contributed by atoms with Gasteiger partial charge in [-0.25, -0.2) is 0 Å². The molecule has 2 aromatic rings. The molecule has 0 atom stereocenters. The van der Waals surface area contributed by atoms with Crippen molar-refractivity contribution < 1.29 is 9.53 Å². The van der Waals surface area contributed by atoms with E-state index in [4.69, 9.17) is 4.74 Å². The van der Waals surface area contributed by atoms with Crippen LogP contribution in [0.5, 0.6) is 5.75 Å². The van der Waals surface area contributed by atoms with E-state index in [2.05, 4.69) is 6.58 Å². The summed E-state index contributed by atoms with van der Waals surface area (Å²) in [6, 6.07) is 16.9. The topological polar surface area (TPSA) is 26.3 Å². The second-order valence-electron chi connectivity index (χ2n) is 4.24. The minimum Gasteiger partial charge on any atom is -0.490 e. The Bertz CT molecular complexity index is 612. The maximum absolute atomic E-state index is 12.1. The smallest absolute Gasteiger partial charge is 0.185 e. The second kappa shape index (κ2) is 7.10. The summed E-state index contributed by atoms with van der Waals surface area (Å²) in [6.45, 7) is 4.02. The molecule has 20 heavy (non-hydrogen) atoms. The average Bonchev–Trinajstić information content (AvgIpc) is 2.52. The molecule has 0 N–H and O–H groups in total. The molecule has 0 fully saturated rings. The molecule has 0 aliphatic rings.